The molecular weight excluding hydrogens is 508 g/mol. The van der Waals surface area contributed by atoms with E-state index in [2.05, 4.69) is 0 Å². The Bertz CT molecular complexity index is 1310. The zero-order valence-electron chi connectivity index (χ0n) is 22.7. The minimum absolute atomic E-state index is 0.0176. The Morgan fingerprint density at radius 1 is 1.15 bits per heavy atom. The van der Waals surface area contributed by atoms with Gasteiger partial charge in [0, 0.05) is 35.8 Å². The van der Waals surface area contributed by atoms with Gasteiger partial charge in [0.15, 0.2) is 5.79 Å². The summed E-state index contributed by atoms with van der Waals surface area (Å²) >= 11 is 0. The zero-order chi connectivity index (χ0) is 28.2. The maximum Gasteiger partial charge on any atom is 0.331 e. The maximum atomic E-state index is 12.9. The van der Waals surface area contributed by atoms with E-state index in [-0.39, 0.29) is 19.4 Å². The van der Waals surface area contributed by atoms with E-state index in [1.54, 1.807) is 19.1 Å². The summed E-state index contributed by atoms with van der Waals surface area (Å²) in [6.07, 6.45) is 5.12. The van der Waals surface area contributed by atoms with E-state index in [1.807, 2.05) is 13.8 Å². The Kier molecular flexibility index (Phi) is 5.42. The van der Waals surface area contributed by atoms with Crippen LogP contribution in [0.3, 0.4) is 0 Å². The van der Waals surface area contributed by atoms with Gasteiger partial charge in [0.05, 0.1) is 37.6 Å². The Balaban J connectivity index is 1.59. The molecule has 10 heteroatoms. The predicted octanol–water partition coefficient (Wildman–Crippen LogP) is 2.75. The molecule has 39 heavy (non-hydrogen) atoms. The summed E-state index contributed by atoms with van der Waals surface area (Å²) in [5, 5.41) is 25.1. The maximum absolute atomic E-state index is 12.9. The van der Waals surface area contributed by atoms with Gasteiger partial charge in [-0.25, -0.2) is 4.79 Å². The molecule has 0 spiro atoms. The molecule has 6 aliphatic rings. The summed E-state index contributed by atoms with van der Waals surface area (Å²) in [7, 11) is 1.28. The third kappa shape index (κ3) is 3.05. The predicted molar refractivity (Wildman–Crippen MR) is 132 cm³/mol. The Morgan fingerprint density at radius 3 is 2.54 bits per heavy atom. The van der Waals surface area contributed by atoms with Crippen molar-refractivity contribution >= 4 is 17.9 Å². The molecule has 210 valence electrons. The number of cyclic esters (lactones) is 1. The molecule has 4 heterocycles. The topological polar surface area (TPSA) is 142 Å². The minimum atomic E-state index is -1.96. The SMILES string of the molecule is COC(=O)CC1C2(C)COC3(O)C(C=C4C5=CC(=O)OC(c6ccoc6)C5(C)CCC4(O)C13C)C2OC(C)=O. The van der Waals surface area contributed by atoms with Gasteiger partial charge >= 0.3 is 17.9 Å². The van der Waals surface area contributed by atoms with Crippen molar-refractivity contribution in [1.82, 2.24) is 0 Å². The molecule has 0 aromatic carbocycles. The molecule has 1 aromatic rings. The summed E-state index contributed by atoms with van der Waals surface area (Å²) in [4.78, 5) is 38.0. The van der Waals surface area contributed by atoms with E-state index >= 15 is 0 Å². The standard InChI is InChI=1S/C29H34O10/c1-15(30)38-24-19-10-18-17-11-22(32)39-23(16-6-9-36-13-16)25(17,2)7-8-28(18,33)27(4)20(12-21(31)35-5)26(24,3)14-37-29(19,27)34/h6,9-11,13,19-20,23-24,33-34H,7-8,12,14H2,1-5H3. The van der Waals surface area contributed by atoms with Crippen LogP contribution in [-0.4, -0.2) is 59.3 Å². The van der Waals surface area contributed by atoms with Crippen LogP contribution >= 0.6 is 0 Å². The Labute approximate surface area is 225 Å². The first kappa shape index (κ1) is 26.3. The van der Waals surface area contributed by atoms with E-state index in [0.717, 1.165) is 0 Å². The van der Waals surface area contributed by atoms with Gasteiger partial charge in [-0.1, -0.05) is 26.8 Å². The largest absolute Gasteiger partial charge is 0.472 e. The van der Waals surface area contributed by atoms with Crippen molar-refractivity contribution < 1.29 is 48.0 Å². The lowest BCUT2D eigenvalue weighted by Gasteiger charge is -2.75. The fourth-order valence-corrected chi connectivity index (χ4v) is 8.58. The van der Waals surface area contributed by atoms with Gasteiger partial charge in [-0.2, -0.15) is 0 Å². The lowest BCUT2D eigenvalue weighted by Crippen LogP contribution is -2.83. The summed E-state index contributed by atoms with van der Waals surface area (Å²) in [6, 6.07) is 1.75. The van der Waals surface area contributed by atoms with Gasteiger partial charge in [-0.05, 0) is 36.0 Å². The van der Waals surface area contributed by atoms with Crippen LogP contribution in [0.4, 0.5) is 0 Å². The van der Waals surface area contributed by atoms with Crippen LogP contribution in [0.5, 0.6) is 0 Å². The second kappa shape index (κ2) is 8.05. The van der Waals surface area contributed by atoms with Crippen molar-refractivity contribution in [3.05, 3.63) is 47.5 Å². The van der Waals surface area contributed by atoms with E-state index in [1.165, 1.54) is 32.6 Å². The van der Waals surface area contributed by atoms with Gasteiger partial charge in [0.1, 0.15) is 17.8 Å². The second-order valence-corrected chi connectivity index (χ2v) is 12.4. The molecule has 10 nitrogen and oxygen atoms in total. The Hall–Kier alpha value is -2.95. The molecule has 1 aromatic heterocycles. The van der Waals surface area contributed by atoms with Gasteiger partial charge in [0.25, 0.3) is 0 Å². The van der Waals surface area contributed by atoms with Gasteiger partial charge in [0.2, 0.25) is 0 Å². The molecule has 2 saturated heterocycles. The van der Waals surface area contributed by atoms with Crippen LogP contribution in [0, 0.1) is 28.1 Å². The van der Waals surface area contributed by atoms with E-state index in [0.29, 0.717) is 23.1 Å². The fraction of sp³-hybridized carbons (Fsp3) is 0.621. The quantitative estimate of drug-likeness (QED) is 0.431. The number of hydrogen-bond donors (Lipinski definition) is 2. The average Bonchev–Trinajstić information content (AvgIpc) is 3.41. The van der Waals surface area contributed by atoms with Crippen molar-refractivity contribution in [3.8, 4) is 0 Å². The molecule has 3 aliphatic heterocycles. The van der Waals surface area contributed by atoms with E-state index in [4.69, 9.17) is 23.4 Å². The van der Waals surface area contributed by atoms with Crippen LogP contribution in [0.2, 0.25) is 0 Å². The summed E-state index contributed by atoms with van der Waals surface area (Å²) in [6.45, 7) is 6.89. The number of carbonyl (C=O) groups excluding carboxylic acids is 3. The number of furan rings is 1. The van der Waals surface area contributed by atoms with Gasteiger partial charge in [-0.3, -0.25) is 9.59 Å². The number of aliphatic hydroxyl groups is 2. The molecule has 9 atom stereocenters. The van der Waals surface area contributed by atoms with Crippen LogP contribution in [-0.2, 0) is 33.3 Å². The first-order valence-corrected chi connectivity index (χ1v) is 13.3. The van der Waals surface area contributed by atoms with E-state index < -0.39 is 69.6 Å². The van der Waals surface area contributed by atoms with Crippen LogP contribution < -0.4 is 0 Å². The normalized spacial score (nSPS) is 45.8. The van der Waals surface area contributed by atoms with Gasteiger partial charge < -0.3 is 33.6 Å². The summed E-state index contributed by atoms with van der Waals surface area (Å²) in [5.41, 5.74) is -3.04. The average molecular weight is 543 g/mol. The van der Waals surface area contributed by atoms with Gasteiger partial charge in [-0.15, -0.1) is 0 Å². The lowest BCUT2D eigenvalue weighted by molar-refractivity contribution is -0.443. The number of ether oxygens (including phenoxy) is 4. The highest BCUT2D eigenvalue weighted by atomic mass is 16.6. The molecule has 0 amide bonds. The van der Waals surface area contributed by atoms with Crippen LogP contribution in [0.15, 0.2) is 46.3 Å². The molecule has 9 unspecified atom stereocenters. The molecule has 4 fully saturated rings. The smallest absolute Gasteiger partial charge is 0.331 e. The number of rotatable bonds is 4. The molecular formula is C29H34O10. The van der Waals surface area contributed by atoms with Crippen molar-refractivity contribution in [3.63, 3.8) is 0 Å². The van der Waals surface area contributed by atoms with Crippen molar-refractivity contribution in [2.24, 2.45) is 28.1 Å². The third-order valence-electron chi connectivity index (χ3n) is 10.6. The molecule has 2 saturated carbocycles. The van der Waals surface area contributed by atoms with Crippen molar-refractivity contribution in [2.45, 2.75) is 70.6 Å². The zero-order valence-corrected chi connectivity index (χ0v) is 22.7. The number of esters is 3. The monoisotopic (exact) mass is 542 g/mol. The van der Waals surface area contributed by atoms with Crippen molar-refractivity contribution in [1.29, 1.82) is 0 Å². The van der Waals surface area contributed by atoms with E-state index in [9.17, 15) is 24.6 Å². The highest BCUT2D eigenvalue weighted by Gasteiger charge is 2.82. The third-order valence-corrected chi connectivity index (χ3v) is 10.6. The summed E-state index contributed by atoms with van der Waals surface area (Å²) < 4.78 is 28.1. The fourth-order valence-electron chi connectivity index (χ4n) is 8.58. The molecule has 2 N–H and O–H groups in total. The number of carbonyl (C=O) groups is 3. The molecule has 4 bridgehead atoms. The number of methoxy groups -OCH3 is 1. The van der Waals surface area contributed by atoms with Crippen LogP contribution in [0.25, 0.3) is 0 Å². The first-order chi connectivity index (χ1) is 18.3. The molecule has 0 radical (unpaired) electrons. The number of fused-ring (bicyclic) bond motifs is 4. The highest BCUT2D eigenvalue weighted by molar-refractivity contribution is 5.86. The summed E-state index contributed by atoms with van der Waals surface area (Å²) in [5.74, 6) is -5.15. The van der Waals surface area contributed by atoms with Crippen molar-refractivity contribution in [2.75, 3.05) is 13.7 Å². The van der Waals surface area contributed by atoms with Crippen LogP contribution in [0.1, 0.15) is 58.6 Å². The Morgan fingerprint density at radius 2 is 1.90 bits per heavy atom. The molecule has 3 aliphatic carbocycles. The number of hydrogen-bond acceptors (Lipinski definition) is 10. The highest BCUT2D eigenvalue weighted by Crippen LogP contribution is 2.75. The second-order valence-electron chi connectivity index (χ2n) is 12.4. The minimum Gasteiger partial charge on any atom is -0.472 e. The molecule has 7 rings (SSSR count). The lowest BCUT2D eigenvalue weighted by atomic mass is 9.36. The first-order valence-electron chi connectivity index (χ1n) is 13.3.